The number of imide groups is 1. The summed E-state index contributed by atoms with van der Waals surface area (Å²) in [6.07, 6.45) is 5.49. The Morgan fingerprint density at radius 1 is 0.971 bits per heavy atom. The molecule has 0 bridgehead atoms. The van der Waals surface area contributed by atoms with E-state index in [0.29, 0.717) is 24.2 Å². The summed E-state index contributed by atoms with van der Waals surface area (Å²) in [4.78, 5) is 27.3. The summed E-state index contributed by atoms with van der Waals surface area (Å²) in [6.45, 7) is 4.65. The maximum absolute atomic E-state index is 13.3. The number of rotatable bonds is 10. The van der Waals surface area contributed by atoms with Crippen LogP contribution in [0.2, 0.25) is 0 Å². The lowest BCUT2D eigenvalue weighted by atomic mass is 9.93. The Morgan fingerprint density at radius 3 is 2.26 bits per heavy atom. The molecule has 0 saturated carbocycles. The van der Waals surface area contributed by atoms with E-state index in [1.807, 2.05) is 54.6 Å². The lowest BCUT2D eigenvalue weighted by molar-refractivity contribution is -0.140. The fraction of sp³-hybridized carbons (Fsp3) is 0.321. The summed E-state index contributed by atoms with van der Waals surface area (Å²) in [5.41, 5.74) is 2.51. The zero-order valence-electron chi connectivity index (χ0n) is 20.0. The first-order valence-corrected chi connectivity index (χ1v) is 11.5. The normalized spacial score (nSPS) is 15.0. The van der Waals surface area contributed by atoms with Gasteiger partial charge in [-0.05, 0) is 66.8 Å². The summed E-state index contributed by atoms with van der Waals surface area (Å²) in [5, 5.41) is 9.60. The molecule has 176 valence electrons. The molecule has 2 aromatic rings. The fourth-order valence-corrected chi connectivity index (χ4v) is 3.73. The highest BCUT2D eigenvalue weighted by molar-refractivity contribution is 6.19. The average molecular weight is 459 g/mol. The molecule has 6 nitrogen and oxygen atoms in total. The molecule has 0 atom stereocenters. The number of carbonyl (C=O) groups excluding carboxylic acids is 2. The first kappa shape index (κ1) is 24.8. The molecule has 0 saturated heterocycles. The highest BCUT2D eigenvalue weighted by atomic mass is 16.5. The van der Waals surface area contributed by atoms with E-state index in [4.69, 9.17) is 9.47 Å². The van der Waals surface area contributed by atoms with Crippen molar-refractivity contribution >= 4 is 17.9 Å². The van der Waals surface area contributed by atoms with Crippen molar-refractivity contribution in [1.82, 2.24) is 4.90 Å². The number of hydrogen-bond acceptors (Lipinski definition) is 5. The molecule has 2 aromatic carbocycles. The average Bonchev–Trinajstić information content (AvgIpc) is 2.86. The highest BCUT2D eigenvalue weighted by Crippen LogP contribution is 2.28. The smallest absolute Gasteiger partial charge is 0.271 e. The third-order valence-electron chi connectivity index (χ3n) is 5.82. The summed E-state index contributed by atoms with van der Waals surface area (Å²) in [5.74, 6) is 0.567. The SMILES string of the molecule is CCCCCOc1ccc(/C=C2/C(=O)N(CCc3ccc(OC)cc3)C(=O)C(C#N)=C2C)cc1. The first-order valence-electron chi connectivity index (χ1n) is 11.5. The predicted octanol–water partition coefficient (Wildman–Crippen LogP) is 5.10. The van der Waals surface area contributed by atoms with Crippen molar-refractivity contribution in [2.75, 3.05) is 20.3 Å². The van der Waals surface area contributed by atoms with Crippen molar-refractivity contribution in [1.29, 1.82) is 5.26 Å². The number of unbranched alkanes of at least 4 members (excludes halogenated alkanes) is 2. The Bertz CT molecular complexity index is 1120. The third-order valence-corrected chi connectivity index (χ3v) is 5.82. The molecule has 0 aliphatic carbocycles. The lowest BCUT2D eigenvalue weighted by Gasteiger charge is -2.27. The second-order valence-corrected chi connectivity index (χ2v) is 8.15. The van der Waals surface area contributed by atoms with Crippen molar-refractivity contribution in [2.45, 2.75) is 39.5 Å². The van der Waals surface area contributed by atoms with E-state index >= 15 is 0 Å². The molecule has 0 N–H and O–H groups in total. The summed E-state index contributed by atoms with van der Waals surface area (Å²) < 4.78 is 10.9. The van der Waals surface area contributed by atoms with Gasteiger partial charge in [0.05, 0.1) is 13.7 Å². The molecule has 1 aliphatic heterocycles. The zero-order valence-corrected chi connectivity index (χ0v) is 20.0. The molecule has 0 fully saturated rings. The number of ether oxygens (including phenoxy) is 2. The van der Waals surface area contributed by atoms with Gasteiger partial charge >= 0.3 is 0 Å². The Morgan fingerprint density at radius 2 is 1.65 bits per heavy atom. The van der Waals surface area contributed by atoms with Gasteiger partial charge in [0.1, 0.15) is 23.1 Å². The molecule has 1 aliphatic rings. The molecular formula is C28H30N2O4. The maximum Gasteiger partial charge on any atom is 0.271 e. The van der Waals surface area contributed by atoms with Gasteiger partial charge in [0.25, 0.3) is 11.8 Å². The Hall–Kier alpha value is -3.85. The lowest BCUT2D eigenvalue weighted by Crippen LogP contribution is -2.43. The van der Waals surface area contributed by atoms with Gasteiger partial charge in [-0.15, -0.1) is 0 Å². The van der Waals surface area contributed by atoms with E-state index in [-0.39, 0.29) is 12.1 Å². The predicted molar refractivity (Wildman–Crippen MR) is 131 cm³/mol. The third kappa shape index (κ3) is 5.93. The van der Waals surface area contributed by atoms with E-state index in [1.54, 1.807) is 20.1 Å². The van der Waals surface area contributed by atoms with Crippen LogP contribution in [0.5, 0.6) is 11.5 Å². The van der Waals surface area contributed by atoms with Gasteiger partial charge in [0, 0.05) is 12.1 Å². The zero-order chi connectivity index (χ0) is 24.5. The van der Waals surface area contributed by atoms with Crippen molar-refractivity contribution in [3.63, 3.8) is 0 Å². The minimum Gasteiger partial charge on any atom is -0.497 e. The highest BCUT2D eigenvalue weighted by Gasteiger charge is 2.35. The van der Waals surface area contributed by atoms with Crippen LogP contribution < -0.4 is 9.47 Å². The standard InChI is InChI=1S/C28H30N2O4/c1-4-5-6-17-34-24-13-9-22(10-14-24)18-25-20(2)26(19-29)28(32)30(27(25)31)16-15-21-7-11-23(33-3)12-8-21/h7-14,18H,4-6,15-17H2,1-3H3/b25-18+. The summed E-state index contributed by atoms with van der Waals surface area (Å²) >= 11 is 0. The molecule has 0 spiro atoms. The second-order valence-electron chi connectivity index (χ2n) is 8.15. The Kier molecular flexibility index (Phi) is 8.64. The van der Waals surface area contributed by atoms with Crippen molar-refractivity contribution < 1.29 is 19.1 Å². The van der Waals surface area contributed by atoms with E-state index in [2.05, 4.69) is 6.92 Å². The van der Waals surface area contributed by atoms with Crippen LogP contribution in [0.25, 0.3) is 6.08 Å². The number of amides is 2. The van der Waals surface area contributed by atoms with Crippen LogP contribution in [0, 0.1) is 11.3 Å². The van der Waals surface area contributed by atoms with Gasteiger partial charge < -0.3 is 9.47 Å². The van der Waals surface area contributed by atoms with Crippen molar-refractivity contribution in [3.8, 4) is 17.6 Å². The number of nitriles is 1. The van der Waals surface area contributed by atoms with Crippen LogP contribution in [0.3, 0.4) is 0 Å². The van der Waals surface area contributed by atoms with Crippen LogP contribution in [-0.2, 0) is 16.0 Å². The van der Waals surface area contributed by atoms with Crippen molar-refractivity contribution in [3.05, 3.63) is 76.4 Å². The fourth-order valence-electron chi connectivity index (χ4n) is 3.73. The molecule has 34 heavy (non-hydrogen) atoms. The van der Waals surface area contributed by atoms with Crippen LogP contribution in [0.15, 0.2) is 65.3 Å². The Balaban J connectivity index is 1.78. The van der Waals surface area contributed by atoms with Crippen LogP contribution in [0.4, 0.5) is 0 Å². The molecule has 0 unspecified atom stereocenters. The number of hydrogen-bond donors (Lipinski definition) is 0. The van der Waals surface area contributed by atoms with Gasteiger partial charge in [-0.2, -0.15) is 5.26 Å². The minimum absolute atomic E-state index is 0.00328. The number of methoxy groups -OCH3 is 1. The summed E-state index contributed by atoms with van der Waals surface area (Å²) in [7, 11) is 1.60. The molecule has 3 rings (SSSR count). The Labute approximate surface area is 201 Å². The van der Waals surface area contributed by atoms with E-state index < -0.39 is 11.8 Å². The van der Waals surface area contributed by atoms with Crippen molar-refractivity contribution in [2.24, 2.45) is 0 Å². The largest absolute Gasteiger partial charge is 0.497 e. The van der Waals surface area contributed by atoms with E-state index in [9.17, 15) is 14.9 Å². The summed E-state index contributed by atoms with van der Waals surface area (Å²) in [6, 6.07) is 16.9. The number of benzene rings is 2. The molecule has 6 heteroatoms. The number of carbonyl (C=O) groups is 2. The molecule has 0 radical (unpaired) electrons. The van der Waals surface area contributed by atoms with Crippen LogP contribution >= 0.6 is 0 Å². The quantitative estimate of drug-likeness (QED) is 0.281. The minimum atomic E-state index is -0.550. The monoisotopic (exact) mass is 458 g/mol. The van der Waals surface area contributed by atoms with E-state index in [0.717, 1.165) is 46.8 Å². The van der Waals surface area contributed by atoms with Gasteiger partial charge in [-0.3, -0.25) is 14.5 Å². The van der Waals surface area contributed by atoms with Gasteiger partial charge in [0.15, 0.2) is 0 Å². The molecular weight excluding hydrogens is 428 g/mol. The van der Waals surface area contributed by atoms with Gasteiger partial charge in [-0.25, -0.2) is 0 Å². The topological polar surface area (TPSA) is 79.6 Å². The molecule has 1 heterocycles. The van der Waals surface area contributed by atoms with Crippen LogP contribution in [0.1, 0.15) is 44.2 Å². The molecule has 0 aromatic heterocycles. The number of nitrogens with zero attached hydrogens (tertiary/aromatic N) is 2. The van der Waals surface area contributed by atoms with E-state index in [1.165, 1.54) is 0 Å². The second kappa shape index (κ2) is 11.9. The van der Waals surface area contributed by atoms with Crippen LogP contribution in [-0.4, -0.2) is 37.0 Å². The first-order chi connectivity index (χ1) is 16.5. The van der Waals surface area contributed by atoms with Gasteiger partial charge in [0.2, 0.25) is 0 Å². The maximum atomic E-state index is 13.3. The van der Waals surface area contributed by atoms with Gasteiger partial charge in [-0.1, -0.05) is 44.0 Å². The molecule has 2 amide bonds.